The molecule has 5 rings (SSSR count). The van der Waals surface area contributed by atoms with Crippen molar-refractivity contribution in [2.75, 3.05) is 0 Å². The van der Waals surface area contributed by atoms with Crippen LogP contribution in [0.25, 0.3) is 16.8 Å². The Morgan fingerprint density at radius 1 is 0.878 bits per heavy atom. The largest absolute Gasteiger partial charge is 0.505 e. The summed E-state index contributed by atoms with van der Waals surface area (Å²) in [4.78, 5) is 25.3. The Kier molecular flexibility index (Phi) is 7.65. The molecule has 0 saturated carbocycles. The van der Waals surface area contributed by atoms with Gasteiger partial charge in [0.1, 0.15) is 5.69 Å². The van der Waals surface area contributed by atoms with E-state index in [1.165, 1.54) is 4.68 Å². The lowest BCUT2D eigenvalue weighted by molar-refractivity contribution is -0.138. The lowest BCUT2D eigenvalue weighted by atomic mass is 9.90. The summed E-state index contributed by atoms with van der Waals surface area (Å²) in [5, 5.41) is 32.5. The summed E-state index contributed by atoms with van der Waals surface area (Å²) >= 11 is 0. The van der Waals surface area contributed by atoms with Crippen molar-refractivity contribution < 1.29 is 15.0 Å². The Hall–Kier alpha value is -5.24. The molecule has 0 aliphatic carbocycles. The van der Waals surface area contributed by atoms with Gasteiger partial charge in [-0.2, -0.15) is 0 Å². The van der Waals surface area contributed by atoms with Crippen molar-refractivity contribution in [1.29, 1.82) is 0 Å². The van der Waals surface area contributed by atoms with Gasteiger partial charge in [-0.05, 0) is 73.2 Å². The number of hydrogen-bond donors (Lipinski definition) is 3. The Labute approximate surface area is 237 Å². The van der Waals surface area contributed by atoms with Crippen LogP contribution in [0.5, 0.6) is 5.75 Å². The number of aromatic nitrogens is 2. The van der Waals surface area contributed by atoms with Gasteiger partial charge in [-0.3, -0.25) is 14.7 Å². The van der Waals surface area contributed by atoms with Gasteiger partial charge < -0.3 is 10.2 Å². The molecular formula is C33H30N4O4. The molecule has 1 aromatic heterocycles. The standard InChI is InChI=1S/C33H30N4O4/c1-20-15-16-26(17-21(20)2)37-32(39)30(22(3)36-37)35-34-29-14-8-13-27(31(29)38)24-11-7-12-25(19-24)28(33(40)41)18-23-9-5-4-6-10-23/h4-17,19,28,36,38H,18H2,1-3H3,(H,40,41). The third kappa shape index (κ3) is 5.72. The number of nitrogens with zero attached hydrogens (tertiary/aromatic N) is 3. The maximum Gasteiger partial charge on any atom is 0.311 e. The number of H-pyrrole nitrogens is 1. The molecule has 41 heavy (non-hydrogen) atoms. The van der Waals surface area contributed by atoms with Crippen molar-refractivity contribution in [2.45, 2.75) is 33.1 Å². The Balaban J connectivity index is 1.45. The first kappa shape index (κ1) is 27.3. The van der Waals surface area contributed by atoms with Crippen LogP contribution in [-0.4, -0.2) is 26.0 Å². The van der Waals surface area contributed by atoms with E-state index in [0.29, 0.717) is 34.5 Å². The van der Waals surface area contributed by atoms with Crippen LogP contribution < -0.4 is 5.56 Å². The van der Waals surface area contributed by atoms with Crippen molar-refractivity contribution in [1.82, 2.24) is 9.78 Å². The minimum Gasteiger partial charge on any atom is -0.505 e. The average molecular weight is 547 g/mol. The maximum absolute atomic E-state index is 13.1. The normalized spacial score (nSPS) is 12.1. The number of azo groups is 1. The minimum atomic E-state index is -0.925. The first-order valence-corrected chi connectivity index (χ1v) is 13.2. The van der Waals surface area contributed by atoms with Gasteiger partial charge in [0.15, 0.2) is 11.4 Å². The molecule has 1 heterocycles. The van der Waals surface area contributed by atoms with Crippen LogP contribution in [-0.2, 0) is 11.2 Å². The first-order chi connectivity index (χ1) is 19.7. The number of phenols is 1. The first-order valence-electron chi connectivity index (χ1n) is 13.2. The van der Waals surface area contributed by atoms with Crippen LogP contribution in [0.4, 0.5) is 11.4 Å². The number of aliphatic carboxylic acids is 1. The minimum absolute atomic E-state index is 0.119. The second kappa shape index (κ2) is 11.5. The maximum atomic E-state index is 13.1. The molecule has 1 atom stereocenters. The molecule has 0 fully saturated rings. The van der Waals surface area contributed by atoms with Crippen LogP contribution in [0.1, 0.15) is 33.9 Å². The molecule has 0 amide bonds. The molecule has 8 nitrogen and oxygen atoms in total. The number of benzene rings is 4. The van der Waals surface area contributed by atoms with Crippen LogP contribution in [0.15, 0.2) is 106 Å². The fourth-order valence-electron chi connectivity index (χ4n) is 4.77. The van der Waals surface area contributed by atoms with Crippen molar-refractivity contribution in [3.63, 3.8) is 0 Å². The van der Waals surface area contributed by atoms with E-state index in [1.54, 1.807) is 49.4 Å². The molecule has 0 spiro atoms. The molecule has 5 aromatic rings. The third-order valence-electron chi connectivity index (χ3n) is 7.24. The van der Waals surface area contributed by atoms with Gasteiger partial charge in [-0.25, -0.2) is 4.68 Å². The summed E-state index contributed by atoms with van der Waals surface area (Å²) in [5.74, 6) is -1.80. The summed E-state index contributed by atoms with van der Waals surface area (Å²) in [7, 11) is 0. The monoisotopic (exact) mass is 546 g/mol. The molecule has 3 N–H and O–H groups in total. The van der Waals surface area contributed by atoms with E-state index in [9.17, 15) is 19.8 Å². The summed E-state index contributed by atoms with van der Waals surface area (Å²) in [5.41, 5.74) is 6.06. The lowest BCUT2D eigenvalue weighted by Gasteiger charge is -2.15. The van der Waals surface area contributed by atoms with Gasteiger partial charge in [-0.15, -0.1) is 10.2 Å². The average Bonchev–Trinajstić information content (AvgIpc) is 3.25. The highest BCUT2D eigenvalue weighted by atomic mass is 16.4. The van der Waals surface area contributed by atoms with Crippen molar-refractivity contribution in [3.05, 3.63) is 129 Å². The Morgan fingerprint density at radius 3 is 2.37 bits per heavy atom. The number of rotatable bonds is 8. The number of phenolic OH excluding ortho intramolecular Hbond substituents is 1. The molecular weight excluding hydrogens is 516 g/mol. The molecule has 0 radical (unpaired) electrons. The number of nitrogens with one attached hydrogen (secondary N) is 1. The second-order valence-electron chi connectivity index (χ2n) is 10.1. The van der Waals surface area contributed by atoms with Crippen LogP contribution in [0.3, 0.4) is 0 Å². The number of carboxylic acids is 1. The molecule has 0 saturated heterocycles. The molecule has 1 unspecified atom stereocenters. The van der Waals surface area contributed by atoms with E-state index in [0.717, 1.165) is 16.7 Å². The predicted octanol–water partition coefficient (Wildman–Crippen LogP) is 7.29. The lowest BCUT2D eigenvalue weighted by Crippen LogP contribution is -2.14. The number of carbonyl (C=O) groups is 1. The third-order valence-corrected chi connectivity index (χ3v) is 7.24. The fourth-order valence-corrected chi connectivity index (χ4v) is 4.77. The van der Waals surface area contributed by atoms with Gasteiger partial charge in [-0.1, -0.05) is 72.8 Å². The molecule has 8 heteroatoms. The van der Waals surface area contributed by atoms with Crippen molar-refractivity contribution in [2.24, 2.45) is 10.2 Å². The quantitative estimate of drug-likeness (QED) is 0.177. The number of aromatic hydroxyl groups is 1. The Bertz CT molecular complexity index is 1820. The molecule has 4 aromatic carbocycles. The van der Waals surface area contributed by atoms with E-state index < -0.39 is 11.9 Å². The van der Waals surface area contributed by atoms with Crippen LogP contribution in [0.2, 0.25) is 0 Å². The van der Waals surface area contributed by atoms with E-state index >= 15 is 0 Å². The number of hydrogen-bond acceptors (Lipinski definition) is 5. The highest BCUT2D eigenvalue weighted by Crippen LogP contribution is 2.39. The SMILES string of the molecule is Cc1ccc(-n2[nH]c(C)c(N=Nc3cccc(-c4cccc(C(Cc5ccccc5)C(=O)O)c4)c3O)c2=O)cc1C. The second-order valence-corrected chi connectivity index (χ2v) is 10.1. The van der Waals surface area contributed by atoms with E-state index in [4.69, 9.17) is 0 Å². The van der Waals surface area contributed by atoms with Crippen LogP contribution >= 0.6 is 0 Å². The van der Waals surface area contributed by atoms with E-state index in [2.05, 4.69) is 15.3 Å². The zero-order valence-electron chi connectivity index (χ0n) is 23.0. The van der Waals surface area contributed by atoms with Gasteiger partial charge >= 0.3 is 5.97 Å². The summed E-state index contributed by atoms with van der Waals surface area (Å²) in [6, 6.07) is 27.4. The number of carboxylic acid groups (broad SMARTS) is 1. The molecule has 0 bridgehead atoms. The van der Waals surface area contributed by atoms with Gasteiger partial charge in [0.25, 0.3) is 5.56 Å². The molecule has 206 valence electrons. The number of para-hydroxylation sites is 1. The fraction of sp³-hybridized carbons (Fsp3) is 0.152. The molecule has 0 aliphatic rings. The zero-order valence-corrected chi connectivity index (χ0v) is 23.0. The Morgan fingerprint density at radius 2 is 1.63 bits per heavy atom. The van der Waals surface area contributed by atoms with E-state index in [1.807, 2.05) is 62.4 Å². The number of aromatic amines is 1. The summed E-state index contributed by atoms with van der Waals surface area (Å²) in [6.07, 6.45) is 0.343. The zero-order chi connectivity index (χ0) is 29.1. The highest BCUT2D eigenvalue weighted by Gasteiger charge is 2.21. The highest BCUT2D eigenvalue weighted by molar-refractivity contribution is 5.80. The van der Waals surface area contributed by atoms with E-state index in [-0.39, 0.29) is 22.7 Å². The van der Waals surface area contributed by atoms with Crippen molar-refractivity contribution in [3.8, 4) is 22.6 Å². The predicted molar refractivity (Wildman–Crippen MR) is 159 cm³/mol. The van der Waals surface area contributed by atoms with Gasteiger partial charge in [0, 0.05) is 5.56 Å². The molecule has 0 aliphatic heterocycles. The smallest absolute Gasteiger partial charge is 0.311 e. The van der Waals surface area contributed by atoms with Gasteiger partial charge in [0.05, 0.1) is 17.3 Å². The number of aryl methyl sites for hydroxylation is 3. The summed E-state index contributed by atoms with van der Waals surface area (Å²) < 4.78 is 1.42. The van der Waals surface area contributed by atoms with Crippen LogP contribution in [0, 0.1) is 20.8 Å². The van der Waals surface area contributed by atoms with Gasteiger partial charge in [0.2, 0.25) is 0 Å². The topological polar surface area (TPSA) is 120 Å². The summed E-state index contributed by atoms with van der Waals surface area (Å²) in [6.45, 7) is 5.73. The van der Waals surface area contributed by atoms with Crippen molar-refractivity contribution >= 4 is 17.3 Å².